The number of benzene rings is 1. The van der Waals surface area contributed by atoms with Crippen LogP contribution in [-0.4, -0.2) is 27.7 Å². The lowest BCUT2D eigenvalue weighted by molar-refractivity contribution is 0.0928. The lowest BCUT2D eigenvalue weighted by Gasteiger charge is -2.36. The minimum Gasteiger partial charge on any atom is -0.350 e. The van der Waals surface area contributed by atoms with Crippen LogP contribution in [0.4, 0.5) is 5.69 Å². The van der Waals surface area contributed by atoms with Crippen LogP contribution in [0, 0.1) is 13.8 Å². The van der Waals surface area contributed by atoms with Crippen molar-refractivity contribution in [3.05, 3.63) is 71.2 Å². The number of amides is 1. The van der Waals surface area contributed by atoms with E-state index in [0.29, 0.717) is 5.56 Å². The highest BCUT2D eigenvalue weighted by Gasteiger charge is 2.33. The summed E-state index contributed by atoms with van der Waals surface area (Å²) in [7, 11) is 1.99. The van der Waals surface area contributed by atoms with Gasteiger partial charge in [0.1, 0.15) is 6.17 Å². The normalized spacial score (nSPS) is 16.5. The second-order valence-electron chi connectivity index (χ2n) is 6.19. The Morgan fingerprint density at radius 1 is 1.08 bits per heavy atom. The monoisotopic (exact) mass is 333 g/mol. The number of nitrogens with one attached hydrogen (secondary N) is 1. The van der Waals surface area contributed by atoms with Crippen molar-refractivity contribution >= 4 is 11.6 Å². The highest BCUT2D eigenvalue weighted by molar-refractivity contribution is 6.02. The van der Waals surface area contributed by atoms with E-state index in [9.17, 15) is 4.79 Å². The van der Waals surface area contributed by atoms with E-state index in [2.05, 4.69) is 20.3 Å². The molecule has 6 heteroatoms. The maximum Gasteiger partial charge on any atom is 0.255 e. The molecule has 1 aliphatic rings. The fourth-order valence-electron chi connectivity index (χ4n) is 3.43. The molecule has 0 saturated heterocycles. The van der Waals surface area contributed by atoms with Crippen molar-refractivity contribution in [1.82, 2.24) is 20.1 Å². The molecule has 0 saturated carbocycles. The molecule has 1 atom stereocenters. The molecule has 2 aromatic heterocycles. The average Bonchev–Trinajstić information content (AvgIpc) is 2.93. The second kappa shape index (κ2) is 5.73. The number of para-hydroxylation sites is 1. The number of nitrogens with zero attached hydrogens (tertiary/aromatic N) is 4. The smallest absolute Gasteiger partial charge is 0.255 e. The fraction of sp³-hybridized carbons (Fsp3) is 0.211. The Balaban J connectivity index is 1.81. The zero-order chi connectivity index (χ0) is 17.6. The standard InChI is InChI=1S/C19H19N5O/c1-12-17(13(2)24(22-12)16-10-6-7-11-20-16)18-21-19(25)14-8-4-5-9-15(14)23(18)3/h4-11,18H,1-3H3,(H,21,25)/t18-/m1/s1. The molecule has 126 valence electrons. The van der Waals surface area contributed by atoms with Gasteiger partial charge in [-0.1, -0.05) is 18.2 Å². The summed E-state index contributed by atoms with van der Waals surface area (Å²) >= 11 is 0. The van der Waals surface area contributed by atoms with Gasteiger partial charge in [0, 0.05) is 18.8 Å². The molecule has 25 heavy (non-hydrogen) atoms. The molecule has 1 aliphatic heterocycles. The van der Waals surface area contributed by atoms with E-state index >= 15 is 0 Å². The van der Waals surface area contributed by atoms with E-state index in [0.717, 1.165) is 28.5 Å². The predicted octanol–water partition coefficient (Wildman–Crippen LogP) is 2.76. The number of hydrogen-bond donors (Lipinski definition) is 1. The molecular formula is C19H19N5O. The van der Waals surface area contributed by atoms with E-state index in [1.807, 2.05) is 68.0 Å². The van der Waals surface area contributed by atoms with Gasteiger partial charge in [-0.3, -0.25) is 4.79 Å². The third-order valence-corrected chi connectivity index (χ3v) is 4.67. The molecule has 0 spiro atoms. The highest BCUT2D eigenvalue weighted by Crippen LogP contribution is 2.34. The largest absolute Gasteiger partial charge is 0.350 e. The molecular weight excluding hydrogens is 314 g/mol. The van der Waals surface area contributed by atoms with Crippen molar-refractivity contribution in [2.24, 2.45) is 0 Å². The molecule has 1 N–H and O–H groups in total. The minimum absolute atomic E-state index is 0.0666. The summed E-state index contributed by atoms with van der Waals surface area (Å²) < 4.78 is 1.82. The maximum atomic E-state index is 12.5. The first-order valence-electron chi connectivity index (χ1n) is 8.18. The molecule has 0 fully saturated rings. The van der Waals surface area contributed by atoms with Gasteiger partial charge in [-0.15, -0.1) is 0 Å². The number of aryl methyl sites for hydroxylation is 1. The van der Waals surface area contributed by atoms with E-state index in [1.165, 1.54) is 0 Å². The number of fused-ring (bicyclic) bond motifs is 1. The number of carbonyl (C=O) groups excluding carboxylic acids is 1. The van der Waals surface area contributed by atoms with Crippen LogP contribution < -0.4 is 10.2 Å². The van der Waals surface area contributed by atoms with Crippen LogP contribution in [0.3, 0.4) is 0 Å². The van der Waals surface area contributed by atoms with Crippen molar-refractivity contribution in [3.8, 4) is 5.82 Å². The highest BCUT2D eigenvalue weighted by atomic mass is 16.2. The van der Waals surface area contributed by atoms with Crippen LogP contribution in [0.2, 0.25) is 0 Å². The van der Waals surface area contributed by atoms with Crippen LogP contribution >= 0.6 is 0 Å². The maximum absolute atomic E-state index is 12.5. The van der Waals surface area contributed by atoms with Gasteiger partial charge in [0.15, 0.2) is 5.82 Å². The van der Waals surface area contributed by atoms with Crippen molar-refractivity contribution < 1.29 is 4.79 Å². The fourth-order valence-corrected chi connectivity index (χ4v) is 3.43. The zero-order valence-corrected chi connectivity index (χ0v) is 14.4. The van der Waals surface area contributed by atoms with Gasteiger partial charge in [-0.2, -0.15) is 5.10 Å². The molecule has 1 aromatic carbocycles. The van der Waals surface area contributed by atoms with Crippen molar-refractivity contribution in [1.29, 1.82) is 0 Å². The Morgan fingerprint density at radius 2 is 1.84 bits per heavy atom. The quantitative estimate of drug-likeness (QED) is 0.783. The Bertz CT molecular complexity index is 948. The molecule has 6 nitrogen and oxygen atoms in total. The molecule has 3 heterocycles. The van der Waals surface area contributed by atoms with Crippen LogP contribution in [0.25, 0.3) is 5.82 Å². The van der Waals surface area contributed by atoms with Crippen molar-refractivity contribution in [2.45, 2.75) is 20.0 Å². The Hall–Kier alpha value is -3.15. The molecule has 0 unspecified atom stereocenters. The van der Waals surface area contributed by atoms with E-state index in [-0.39, 0.29) is 12.1 Å². The topological polar surface area (TPSA) is 63.1 Å². The van der Waals surface area contributed by atoms with Crippen LogP contribution in [0.5, 0.6) is 0 Å². The molecule has 1 amide bonds. The summed E-state index contributed by atoms with van der Waals surface area (Å²) in [6.07, 6.45) is 1.48. The average molecular weight is 333 g/mol. The number of aromatic nitrogens is 3. The van der Waals surface area contributed by atoms with Crippen LogP contribution in [0.15, 0.2) is 48.7 Å². The van der Waals surface area contributed by atoms with Crippen molar-refractivity contribution in [2.75, 3.05) is 11.9 Å². The van der Waals surface area contributed by atoms with Crippen molar-refractivity contribution in [3.63, 3.8) is 0 Å². The molecule has 3 aromatic rings. The minimum atomic E-state index is -0.264. The van der Waals surface area contributed by atoms with Crippen LogP contribution in [0.1, 0.15) is 33.5 Å². The van der Waals surface area contributed by atoms with E-state index < -0.39 is 0 Å². The van der Waals surface area contributed by atoms with Gasteiger partial charge in [0.25, 0.3) is 5.91 Å². The number of carbonyl (C=O) groups is 1. The third-order valence-electron chi connectivity index (χ3n) is 4.67. The first-order chi connectivity index (χ1) is 12.1. The summed E-state index contributed by atoms with van der Waals surface area (Å²) in [5, 5.41) is 7.75. The summed E-state index contributed by atoms with van der Waals surface area (Å²) in [6.45, 7) is 3.97. The third kappa shape index (κ3) is 2.38. The van der Waals surface area contributed by atoms with E-state index in [1.54, 1.807) is 6.20 Å². The number of rotatable bonds is 2. The molecule has 0 radical (unpaired) electrons. The second-order valence-corrected chi connectivity index (χ2v) is 6.19. The zero-order valence-electron chi connectivity index (χ0n) is 14.4. The lowest BCUT2D eigenvalue weighted by atomic mass is 10.0. The summed E-state index contributed by atoms with van der Waals surface area (Å²) in [4.78, 5) is 19.0. The molecule has 0 aliphatic carbocycles. The number of anilines is 1. The van der Waals surface area contributed by atoms with E-state index in [4.69, 9.17) is 0 Å². The van der Waals surface area contributed by atoms with Gasteiger partial charge in [0.2, 0.25) is 0 Å². The van der Waals surface area contributed by atoms with Crippen LogP contribution in [-0.2, 0) is 0 Å². The van der Waals surface area contributed by atoms with Gasteiger partial charge in [0.05, 0.1) is 22.6 Å². The van der Waals surface area contributed by atoms with Gasteiger partial charge in [-0.25, -0.2) is 9.67 Å². The first kappa shape index (κ1) is 15.4. The summed E-state index contributed by atoms with van der Waals surface area (Å²) in [6, 6.07) is 13.4. The first-order valence-corrected chi connectivity index (χ1v) is 8.18. The Kier molecular flexibility index (Phi) is 3.53. The van der Waals surface area contributed by atoms with Gasteiger partial charge < -0.3 is 10.2 Å². The lowest BCUT2D eigenvalue weighted by Crippen LogP contribution is -2.45. The SMILES string of the molecule is Cc1nn(-c2ccccn2)c(C)c1[C@@H]1NC(=O)c2ccccc2N1C. The predicted molar refractivity (Wildman–Crippen MR) is 95.9 cm³/mol. The Labute approximate surface area is 146 Å². The number of pyridine rings is 1. The summed E-state index contributed by atoms with van der Waals surface area (Å²) in [5.74, 6) is 0.697. The molecule has 0 bridgehead atoms. The Morgan fingerprint density at radius 3 is 2.60 bits per heavy atom. The number of hydrogen-bond acceptors (Lipinski definition) is 4. The summed E-state index contributed by atoms with van der Waals surface area (Å²) in [5.41, 5.74) is 4.44. The molecule has 4 rings (SSSR count). The van der Waals surface area contributed by atoms with Gasteiger partial charge >= 0.3 is 0 Å². The van der Waals surface area contributed by atoms with Gasteiger partial charge in [-0.05, 0) is 38.1 Å².